The molecule has 3 rings (SSSR count). The SMILES string of the molecule is CCc1nc(C)oc1CNc1nc2c(n1C/C=C/CNC(=O)OC(C)(C)C)=C(C)CC(C(N)=O)C=2. The molecule has 1 aliphatic rings. The number of fused-ring (bicyclic) bond motifs is 1. The summed E-state index contributed by atoms with van der Waals surface area (Å²) < 4.78 is 13.1. The number of oxazole rings is 1. The summed E-state index contributed by atoms with van der Waals surface area (Å²) in [6.45, 7) is 12.6. The number of alkyl carbamates (subject to hydrolysis) is 1. The first kappa shape index (κ1) is 26.1. The summed E-state index contributed by atoms with van der Waals surface area (Å²) in [5.41, 5.74) is 6.97. The van der Waals surface area contributed by atoms with Gasteiger partial charge in [-0.2, -0.15) is 0 Å². The molecule has 1 aliphatic carbocycles. The number of hydrogen-bond acceptors (Lipinski definition) is 7. The Labute approximate surface area is 205 Å². The second kappa shape index (κ2) is 10.8. The second-order valence-electron chi connectivity index (χ2n) is 9.60. The Morgan fingerprint density at radius 1 is 1.29 bits per heavy atom. The van der Waals surface area contributed by atoms with E-state index in [1.165, 1.54) is 0 Å². The lowest BCUT2D eigenvalue weighted by Gasteiger charge is -2.19. The van der Waals surface area contributed by atoms with E-state index in [9.17, 15) is 9.59 Å². The average Bonchev–Trinajstić information content (AvgIpc) is 3.30. The molecule has 0 bridgehead atoms. The summed E-state index contributed by atoms with van der Waals surface area (Å²) in [6, 6.07) is 0. The number of aromatic nitrogens is 3. The van der Waals surface area contributed by atoms with Crippen molar-refractivity contribution in [2.24, 2.45) is 11.7 Å². The minimum Gasteiger partial charge on any atom is -0.444 e. The molecule has 0 fully saturated rings. The third kappa shape index (κ3) is 6.74. The van der Waals surface area contributed by atoms with E-state index in [1.54, 1.807) is 0 Å². The van der Waals surface area contributed by atoms with Gasteiger partial charge < -0.3 is 30.1 Å². The number of carbonyl (C=O) groups is 2. The molecule has 190 valence electrons. The molecule has 0 aromatic carbocycles. The molecule has 0 spiro atoms. The predicted octanol–water partition coefficient (Wildman–Crippen LogP) is 1.89. The van der Waals surface area contributed by atoms with Crippen molar-refractivity contribution in [1.29, 1.82) is 0 Å². The maximum atomic E-state index is 11.8. The quantitative estimate of drug-likeness (QED) is 0.462. The fourth-order valence-corrected chi connectivity index (χ4v) is 4.01. The van der Waals surface area contributed by atoms with Crippen LogP contribution >= 0.6 is 0 Å². The van der Waals surface area contributed by atoms with Gasteiger partial charge in [-0.1, -0.05) is 19.1 Å². The van der Waals surface area contributed by atoms with Crippen molar-refractivity contribution < 1.29 is 18.7 Å². The molecule has 1 atom stereocenters. The van der Waals surface area contributed by atoms with Crippen LogP contribution in [0.2, 0.25) is 0 Å². The van der Waals surface area contributed by atoms with Gasteiger partial charge in [-0.3, -0.25) is 4.79 Å². The third-order valence-electron chi connectivity index (χ3n) is 5.49. The summed E-state index contributed by atoms with van der Waals surface area (Å²) >= 11 is 0. The molecule has 0 radical (unpaired) electrons. The Balaban J connectivity index is 1.82. The molecule has 2 aromatic heterocycles. The lowest BCUT2D eigenvalue weighted by molar-refractivity contribution is -0.119. The Bertz CT molecular complexity index is 1230. The first-order valence-electron chi connectivity index (χ1n) is 11.9. The van der Waals surface area contributed by atoms with Gasteiger partial charge in [-0.15, -0.1) is 0 Å². The zero-order valence-electron chi connectivity index (χ0n) is 21.4. The van der Waals surface area contributed by atoms with Crippen LogP contribution in [0.3, 0.4) is 0 Å². The highest BCUT2D eigenvalue weighted by molar-refractivity contribution is 5.84. The average molecular weight is 485 g/mol. The predicted molar refractivity (Wildman–Crippen MR) is 134 cm³/mol. The minimum atomic E-state index is -0.545. The van der Waals surface area contributed by atoms with E-state index in [0.29, 0.717) is 37.9 Å². The maximum absolute atomic E-state index is 11.8. The molecular formula is C25H36N6O4. The van der Waals surface area contributed by atoms with Gasteiger partial charge in [0.15, 0.2) is 5.89 Å². The van der Waals surface area contributed by atoms with E-state index in [1.807, 2.05) is 59.8 Å². The molecule has 1 unspecified atom stereocenters. The van der Waals surface area contributed by atoms with Crippen molar-refractivity contribution in [2.75, 3.05) is 11.9 Å². The first-order valence-corrected chi connectivity index (χ1v) is 11.9. The largest absolute Gasteiger partial charge is 0.444 e. The number of allylic oxidation sites excluding steroid dienone is 1. The highest BCUT2D eigenvalue weighted by atomic mass is 16.6. The van der Waals surface area contributed by atoms with Gasteiger partial charge >= 0.3 is 6.09 Å². The van der Waals surface area contributed by atoms with Crippen LogP contribution in [0.1, 0.15) is 58.4 Å². The third-order valence-corrected chi connectivity index (χ3v) is 5.49. The van der Waals surface area contributed by atoms with Gasteiger partial charge in [0.1, 0.15) is 11.4 Å². The second-order valence-corrected chi connectivity index (χ2v) is 9.60. The molecule has 2 amide bonds. The monoisotopic (exact) mass is 484 g/mol. The number of anilines is 1. The Morgan fingerprint density at radius 2 is 2.03 bits per heavy atom. The lowest BCUT2D eigenvalue weighted by atomic mass is 9.95. The highest BCUT2D eigenvalue weighted by Gasteiger charge is 2.21. The molecule has 0 saturated carbocycles. The minimum absolute atomic E-state index is 0.338. The van der Waals surface area contributed by atoms with Gasteiger partial charge in [0.05, 0.1) is 28.9 Å². The van der Waals surface area contributed by atoms with E-state index >= 15 is 0 Å². The number of primary amides is 1. The summed E-state index contributed by atoms with van der Waals surface area (Å²) in [6.07, 6.45) is 6.51. The fraction of sp³-hybridized carbons (Fsp3) is 0.520. The van der Waals surface area contributed by atoms with Crippen LogP contribution in [-0.2, 0) is 29.0 Å². The molecule has 2 aromatic rings. The zero-order valence-corrected chi connectivity index (χ0v) is 21.4. The van der Waals surface area contributed by atoms with E-state index < -0.39 is 11.7 Å². The number of amides is 2. The number of rotatable bonds is 9. The summed E-state index contributed by atoms with van der Waals surface area (Å²) in [4.78, 5) is 32.9. The van der Waals surface area contributed by atoms with Gasteiger partial charge in [0.25, 0.3) is 0 Å². The highest BCUT2D eigenvalue weighted by Crippen LogP contribution is 2.17. The number of nitrogens with zero attached hydrogens (tertiary/aromatic N) is 3. The first-order chi connectivity index (χ1) is 16.5. The molecule has 10 nitrogen and oxygen atoms in total. The van der Waals surface area contributed by atoms with Crippen LogP contribution in [0.5, 0.6) is 0 Å². The number of nitrogens with one attached hydrogen (secondary N) is 2. The van der Waals surface area contributed by atoms with Crippen molar-refractivity contribution in [3.63, 3.8) is 0 Å². The van der Waals surface area contributed by atoms with E-state index in [4.69, 9.17) is 19.9 Å². The van der Waals surface area contributed by atoms with Crippen molar-refractivity contribution in [2.45, 2.75) is 73.1 Å². The molecule has 2 heterocycles. The summed E-state index contributed by atoms with van der Waals surface area (Å²) in [5.74, 6) is 1.31. The molecule has 0 saturated heterocycles. The topological polar surface area (TPSA) is 137 Å². The van der Waals surface area contributed by atoms with Crippen LogP contribution < -0.4 is 27.1 Å². The number of hydrogen-bond donors (Lipinski definition) is 3. The molecule has 4 N–H and O–H groups in total. The van der Waals surface area contributed by atoms with Crippen LogP contribution in [0.4, 0.5) is 10.7 Å². The lowest BCUT2D eigenvalue weighted by Crippen LogP contribution is -2.38. The number of imidazole rings is 1. The van der Waals surface area contributed by atoms with E-state index in [0.717, 1.165) is 34.1 Å². The zero-order chi connectivity index (χ0) is 25.8. The van der Waals surface area contributed by atoms with Gasteiger partial charge in [-0.25, -0.2) is 14.8 Å². The van der Waals surface area contributed by atoms with E-state index in [2.05, 4.69) is 20.2 Å². The van der Waals surface area contributed by atoms with Crippen molar-refractivity contribution in [1.82, 2.24) is 19.9 Å². The van der Waals surface area contributed by atoms with Crippen LogP contribution in [0, 0.1) is 12.8 Å². The van der Waals surface area contributed by atoms with Crippen LogP contribution in [-0.4, -0.2) is 38.7 Å². The van der Waals surface area contributed by atoms with Crippen molar-refractivity contribution in [3.05, 3.63) is 40.2 Å². The van der Waals surface area contributed by atoms with Crippen LogP contribution in [0.25, 0.3) is 11.6 Å². The summed E-state index contributed by atoms with van der Waals surface area (Å²) in [7, 11) is 0. The molecule has 10 heteroatoms. The number of nitrogens with two attached hydrogens (primary N) is 1. The maximum Gasteiger partial charge on any atom is 0.407 e. The van der Waals surface area contributed by atoms with Crippen molar-refractivity contribution in [3.8, 4) is 0 Å². The van der Waals surface area contributed by atoms with E-state index in [-0.39, 0.29) is 11.8 Å². The molecule has 0 aliphatic heterocycles. The standard InChI is InChI=1S/C25H36N6O4/c1-7-18-20(34-16(3)29-18)14-28-23-30-19-13-17(22(26)32)12-15(2)21(19)31(23)11-9-8-10-27-24(33)35-25(4,5)6/h8-9,13,17H,7,10-12,14H2,1-6H3,(H2,26,32)(H,27,33)(H,28,30)/b9-8+. The smallest absolute Gasteiger partial charge is 0.407 e. The summed E-state index contributed by atoms with van der Waals surface area (Å²) in [5, 5.41) is 7.77. The molecular weight excluding hydrogens is 448 g/mol. The number of ether oxygens (including phenoxy) is 1. The Kier molecular flexibility index (Phi) is 8.03. The molecule has 35 heavy (non-hydrogen) atoms. The van der Waals surface area contributed by atoms with Gasteiger partial charge in [0, 0.05) is 20.0 Å². The Morgan fingerprint density at radius 3 is 2.69 bits per heavy atom. The normalized spacial score (nSPS) is 15.6. The fourth-order valence-electron chi connectivity index (χ4n) is 4.01. The number of aryl methyl sites for hydroxylation is 2. The van der Waals surface area contributed by atoms with Crippen molar-refractivity contribution >= 4 is 29.6 Å². The Hall–Kier alpha value is -3.56. The van der Waals surface area contributed by atoms with Crippen LogP contribution in [0.15, 0.2) is 16.6 Å². The van der Waals surface area contributed by atoms with Gasteiger partial charge in [-0.05, 0) is 52.2 Å². The number of carbonyl (C=O) groups excluding carboxylic acids is 2. The van der Waals surface area contributed by atoms with Gasteiger partial charge in [0.2, 0.25) is 11.9 Å².